The highest BCUT2D eigenvalue weighted by Crippen LogP contribution is 2.33. The summed E-state index contributed by atoms with van der Waals surface area (Å²) in [6, 6.07) is 10.1. The number of rotatable bonds is 4. The van der Waals surface area contributed by atoms with E-state index in [2.05, 4.69) is 10.1 Å². The third-order valence-corrected chi connectivity index (χ3v) is 5.80. The third-order valence-electron chi connectivity index (χ3n) is 4.14. The summed E-state index contributed by atoms with van der Waals surface area (Å²) in [5.74, 6) is 0.553. The quantitative estimate of drug-likeness (QED) is 0.553. The molecule has 0 unspecified atom stereocenters. The highest BCUT2D eigenvalue weighted by atomic mass is 32.2. The standard InChI is InChI=1S/C18H16N4O3S/c1-21-11-13(9-20-21)17-12-22(18-16(17)8-14(25-2)10-19-18)26(23,24)15-6-4-3-5-7-15/h3-12H,1-2H3. The summed E-state index contributed by atoms with van der Waals surface area (Å²) < 4.78 is 34.4. The molecule has 0 aliphatic rings. The van der Waals surface area contributed by atoms with Crippen LogP contribution in [0.2, 0.25) is 0 Å². The molecule has 132 valence electrons. The lowest BCUT2D eigenvalue weighted by Gasteiger charge is -2.07. The van der Waals surface area contributed by atoms with Gasteiger partial charge < -0.3 is 4.74 Å². The van der Waals surface area contributed by atoms with Gasteiger partial charge in [0.05, 0.1) is 24.4 Å². The van der Waals surface area contributed by atoms with Crippen molar-refractivity contribution in [1.29, 1.82) is 0 Å². The predicted octanol–water partition coefficient (Wildman–Crippen LogP) is 2.68. The van der Waals surface area contributed by atoms with Gasteiger partial charge in [0.15, 0.2) is 5.65 Å². The molecule has 7 nitrogen and oxygen atoms in total. The van der Waals surface area contributed by atoms with Crippen molar-refractivity contribution in [3.8, 4) is 16.9 Å². The van der Waals surface area contributed by atoms with Gasteiger partial charge in [-0.25, -0.2) is 17.4 Å². The highest BCUT2D eigenvalue weighted by molar-refractivity contribution is 7.90. The van der Waals surface area contributed by atoms with E-state index in [0.29, 0.717) is 16.8 Å². The van der Waals surface area contributed by atoms with Crippen molar-refractivity contribution in [2.45, 2.75) is 4.90 Å². The molecule has 0 atom stereocenters. The van der Waals surface area contributed by atoms with Crippen LogP contribution in [0.3, 0.4) is 0 Å². The van der Waals surface area contributed by atoms with Gasteiger partial charge in [-0.3, -0.25) is 4.68 Å². The number of nitrogens with zero attached hydrogens (tertiary/aromatic N) is 4. The first-order chi connectivity index (χ1) is 12.5. The summed E-state index contributed by atoms with van der Waals surface area (Å²) >= 11 is 0. The second-order valence-corrected chi connectivity index (χ2v) is 7.62. The van der Waals surface area contributed by atoms with Crippen LogP contribution in [0.1, 0.15) is 0 Å². The van der Waals surface area contributed by atoms with Crippen LogP contribution >= 0.6 is 0 Å². The van der Waals surface area contributed by atoms with Crippen LogP contribution in [0.15, 0.2) is 66.1 Å². The van der Waals surface area contributed by atoms with Crippen molar-refractivity contribution in [1.82, 2.24) is 18.7 Å². The molecule has 3 heterocycles. The highest BCUT2D eigenvalue weighted by Gasteiger charge is 2.23. The fourth-order valence-electron chi connectivity index (χ4n) is 2.85. The van der Waals surface area contributed by atoms with Gasteiger partial charge in [0.2, 0.25) is 0 Å². The van der Waals surface area contributed by atoms with Crippen LogP contribution in [0.4, 0.5) is 0 Å². The Morgan fingerprint density at radius 2 is 1.85 bits per heavy atom. The zero-order valence-corrected chi connectivity index (χ0v) is 15.0. The average molecular weight is 368 g/mol. The number of hydrogen-bond acceptors (Lipinski definition) is 5. The van der Waals surface area contributed by atoms with Crippen molar-refractivity contribution in [3.05, 3.63) is 61.2 Å². The first-order valence-electron chi connectivity index (χ1n) is 7.85. The molecule has 0 amide bonds. The number of ether oxygens (including phenoxy) is 1. The first kappa shape index (κ1) is 16.3. The van der Waals surface area contributed by atoms with E-state index in [1.807, 2.05) is 13.2 Å². The molecule has 0 saturated heterocycles. The second-order valence-electron chi connectivity index (χ2n) is 5.81. The Hall–Kier alpha value is -3.13. The molecule has 0 N–H and O–H groups in total. The number of pyridine rings is 1. The summed E-state index contributed by atoms with van der Waals surface area (Å²) in [6.07, 6.45) is 6.60. The smallest absolute Gasteiger partial charge is 0.269 e. The normalized spacial score (nSPS) is 11.8. The van der Waals surface area contributed by atoms with Crippen LogP contribution in [-0.2, 0) is 17.1 Å². The molecule has 4 rings (SSSR count). The molecule has 3 aromatic heterocycles. The van der Waals surface area contributed by atoms with Crippen LogP contribution in [-0.4, -0.2) is 34.3 Å². The molecule has 0 saturated carbocycles. The van der Waals surface area contributed by atoms with Crippen LogP contribution in [0.5, 0.6) is 5.75 Å². The van der Waals surface area contributed by atoms with Crippen molar-refractivity contribution in [3.63, 3.8) is 0 Å². The van der Waals surface area contributed by atoms with Crippen LogP contribution in [0, 0.1) is 0 Å². The summed E-state index contributed by atoms with van der Waals surface area (Å²) in [6.45, 7) is 0. The van der Waals surface area contributed by atoms with E-state index in [4.69, 9.17) is 4.74 Å². The maximum absolute atomic E-state index is 13.1. The second kappa shape index (κ2) is 5.99. The maximum atomic E-state index is 13.1. The van der Waals surface area contributed by atoms with Crippen molar-refractivity contribution in [2.24, 2.45) is 7.05 Å². The van der Waals surface area contributed by atoms with Crippen LogP contribution < -0.4 is 4.74 Å². The Kier molecular flexibility index (Phi) is 3.77. The number of benzene rings is 1. The van der Waals surface area contributed by atoms with Gasteiger partial charge in [-0.1, -0.05) is 18.2 Å². The number of fused-ring (bicyclic) bond motifs is 1. The van der Waals surface area contributed by atoms with Crippen molar-refractivity contribution in [2.75, 3.05) is 7.11 Å². The Labute approximate surface area is 150 Å². The Balaban J connectivity index is 2.02. The first-order valence-corrected chi connectivity index (χ1v) is 9.29. The molecule has 0 aliphatic heterocycles. The molecule has 0 radical (unpaired) electrons. The molecular weight excluding hydrogens is 352 g/mol. The molecule has 0 fully saturated rings. The summed E-state index contributed by atoms with van der Waals surface area (Å²) in [7, 11) is -0.426. The van der Waals surface area contributed by atoms with E-state index < -0.39 is 10.0 Å². The lowest BCUT2D eigenvalue weighted by Crippen LogP contribution is -2.12. The Bertz CT molecular complexity index is 1190. The minimum Gasteiger partial charge on any atom is -0.495 e. The monoisotopic (exact) mass is 368 g/mol. The summed E-state index contributed by atoms with van der Waals surface area (Å²) in [4.78, 5) is 4.53. The van der Waals surface area contributed by atoms with Crippen molar-refractivity contribution < 1.29 is 13.2 Å². The molecule has 8 heteroatoms. The van der Waals surface area contributed by atoms with Gasteiger partial charge in [0.1, 0.15) is 5.75 Å². The SMILES string of the molecule is COc1cnc2c(c1)c(-c1cnn(C)c1)cn2S(=O)(=O)c1ccccc1. The zero-order chi connectivity index (χ0) is 18.3. The van der Waals surface area contributed by atoms with Gasteiger partial charge >= 0.3 is 0 Å². The van der Waals surface area contributed by atoms with Gasteiger partial charge in [-0.05, 0) is 18.2 Å². The molecular formula is C18H16N4O3S. The lowest BCUT2D eigenvalue weighted by atomic mass is 10.1. The lowest BCUT2D eigenvalue weighted by molar-refractivity contribution is 0.413. The van der Waals surface area contributed by atoms with E-state index in [-0.39, 0.29) is 4.90 Å². The van der Waals surface area contributed by atoms with Crippen LogP contribution in [0.25, 0.3) is 22.2 Å². The number of methoxy groups -OCH3 is 1. The van der Waals surface area contributed by atoms with Gasteiger partial charge in [0.25, 0.3) is 10.0 Å². The molecule has 0 bridgehead atoms. The van der Waals surface area contributed by atoms with Gasteiger partial charge in [0, 0.05) is 36.0 Å². The van der Waals surface area contributed by atoms with E-state index in [1.54, 1.807) is 60.6 Å². The Morgan fingerprint density at radius 3 is 2.50 bits per heavy atom. The molecule has 1 aromatic carbocycles. The van der Waals surface area contributed by atoms with E-state index in [9.17, 15) is 8.42 Å². The maximum Gasteiger partial charge on any atom is 0.269 e. The number of hydrogen-bond donors (Lipinski definition) is 0. The summed E-state index contributed by atoms with van der Waals surface area (Å²) in [5, 5.41) is 4.86. The molecule has 4 aromatic rings. The van der Waals surface area contributed by atoms with Gasteiger partial charge in [-0.15, -0.1) is 0 Å². The average Bonchev–Trinajstić information content (AvgIpc) is 3.25. The molecule has 0 aliphatic carbocycles. The largest absolute Gasteiger partial charge is 0.495 e. The topological polar surface area (TPSA) is 79.0 Å². The minimum atomic E-state index is -3.78. The molecule has 26 heavy (non-hydrogen) atoms. The number of aromatic nitrogens is 4. The van der Waals surface area contributed by atoms with E-state index in [0.717, 1.165) is 11.1 Å². The predicted molar refractivity (Wildman–Crippen MR) is 97.5 cm³/mol. The number of aryl methyl sites for hydroxylation is 1. The fraction of sp³-hybridized carbons (Fsp3) is 0.111. The van der Waals surface area contributed by atoms with E-state index in [1.165, 1.54) is 10.2 Å². The summed E-state index contributed by atoms with van der Waals surface area (Å²) in [5.41, 5.74) is 1.86. The zero-order valence-electron chi connectivity index (χ0n) is 14.2. The van der Waals surface area contributed by atoms with Crippen molar-refractivity contribution >= 4 is 21.1 Å². The van der Waals surface area contributed by atoms with E-state index >= 15 is 0 Å². The Morgan fingerprint density at radius 1 is 1.08 bits per heavy atom. The minimum absolute atomic E-state index is 0.201. The fourth-order valence-corrected chi connectivity index (χ4v) is 4.20. The molecule has 0 spiro atoms. The van der Waals surface area contributed by atoms with Gasteiger partial charge in [-0.2, -0.15) is 5.10 Å². The third kappa shape index (κ3) is 2.55.